The van der Waals surface area contributed by atoms with Gasteiger partial charge in [-0.25, -0.2) is 4.79 Å². The van der Waals surface area contributed by atoms with Crippen LogP contribution in [0, 0.1) is 6.92 Å². The van der Waals surface area contributed by atoms with E-state index in [4.69, 9.17) is 20.3 Å². The SMILES string of the molecule is COc1ccc(/C=C/C(=O)Nc2ccccc2C(=O)O)cc1OC.Cc1ncccc1C(N)=O. The number of para-hydroxylation sites is 1. The Hall–Kier alpha value is -4.66. The van der Waals surface area contributed by atoms with Crippen LogP contribution in [-0.2, 0) is 4.79 Å². The van der Waals surface area contributed by atoms with Gasteiger partial charge >= 0.3 is 5.97 Å². The number of aryl methyl sites for hydroxylation is 1. The Balaban J connectivity index is 0.000000340. The molecule has 0 bridgehead atoms. The Labute approximate surface area is 196 Å². The molecule has 0 spiro atoms. The minimum Gasteiger partial charge on any atom is -0.493 e. The number of hydrogen-bond donors (Lipinski definition) is 3. The summed E-state index contributed by atoms with van der Waals surface area (Å²) in [7, 11) is 3.07. The third-order valence-corrected chi connectivity index (χ3v) is 4.52. The van der Waals surface area contributed by atoms with Crippen LogP contribution in [0.5, 0.6) is 11.5 Å². The number of benzene rings is 2. The Morgan fingerprint density at radius 2 is 1.65 bits per heavy atom. The van der Waals surface area contributed by atoms with Crippen LogP contribution in [-0.4, -0.2) is 42.1 Å². The number of carboxylic acid groups (broad SMARTS) is 1. The first-order chi connectivity index (χ1) is 16.3. The minimum atomic E-state index is -1.10. The zero-order valence-electron chi connectivity index (χ0n) is 18.9. The summed E-state index contributed by atoms with van der Waals surface area (Å²) in [4.78, 5) is 37.6. The average Bonchev–Trinajstić information content (AvgIpc) is 2.83. The maximum Gasteiger partial charge on any atom is 0.337 e. The van der Waals surface area contributed by atoms with E-state index in [2.05, 4.69) is 10.3 Å². The van der Waals surface area contributed by atoms with E-state index in [1.165, 1.54) is 25.3 Å². The van der Waals surface area contributed by atoms with E-state index in [0.29, 0.717) is 22.8 Å². The van der Waals surface area contributed by atoms with Gasteiger partial charge in [0, 0.05) is 18.0 Å². The zero-order valence-corrected chi connectivity index (χ0v) is 18.9. The number of nitrogens with one attached hydrogen (secondary N) is 1. The number of nitrogens with two attached hydrogens (primary N) is 1. The van der Waals surface area contributed by atoms with Gasteiger partial charge < -0.3 is 25.6 Å². The van der Waals surface area contributed by atoms with Crippen molar-refractivity contribution in [3.8, 4) is 11.5 Å². The number of carboxylic acids is 1. The Kier molecular flexibility index (Phi) is 9.33. The highest BCUT2D eigenvalue weighted by Crippen LogP contribution is 2.28. The van der Waals surface area contributed by atoms with Gasteiger partial charge in [0.2, 0.25) is 5.91 Å². The normalized spacial score (nSPS) is 10.1. The van der Waals surface area contributed by atoms with Gasteiger partial charge in [-0.15, -0.1) is 0 Å². The zero-order chi connectivity index (χ0) is 25.1. The number of nitrogens with zero attached hydrogens (tertiary/aromatic N) is 1. The topological polar surface area (TPSA) is 141 Å². The van der Waals surface area contributed by atoms with Crippen LogP contribution in [0.2, 0.25) is 0 Å². The molecule has 4 N–H and O–H groups in total. The summed E-state index contributed by atoms with van der Waals surface area (Å²) in [5.74, 6) is -0.815. The molecule has 2 aromatic carbocycles. The van der Waals surface area contributed by atoms with Crippen molar-refractivity contribution < 1.29 is 29.0 Å². The molecule has 176 valence electrons. The molecule has 3 rings (SSSR count). The number of ether oxygens (including phenoxy) is 2. The molecule has 0 atom stereocenters. The number of aromatic nitrogens is 1. The first kappa shape index (κ1) is 25.6. The van der Waals surface area contributed by atoms with E-state index in [1.807, 2.05) is 0 Å². The lowest BCUT2D eigenvalue weighted by Crippen LogP contribution is -2.12. The molecule has 0 aliphatic carbocycles. The van der Waals surface area contributed by atoms with E-state index >= 15 is 0 Å². The molecule has 9 heteroatoms. The fourth-order valence-electron chi connectivity index (χ4n) is 2.83. The van der Waals surface area contributed by atoms with E-state index in [9.17, 15) is 14.4 Å². The Bertz CT molecular complexity index is 1210. The molecule has 0 radical (unpaired) electrons. The molecule has 0 saturated carbocycles. The summed E-state index contributed by atoms with van der Waals surface area (Å²) < 4.78 is 10.3. The van der Waals surface area contributed by atoms with E-state index < -0.39 is 17.8 Å². The van der Waals surface area contributed by atoms with Gasteiger partial charge in [-0.05, 0) is 55.0 Å². The van der Waals surface area contributed by atoms with Crippen molar-refractivity contribution in [3.63, 3.8) is 0 Å². The number of hydrogen-bond acceptors (Lipinski definition) is 6. The number of rotatable bonds is 7. The van der Waals surface area contributed by atoms with Gasteiger partial charge in [0.15, 0.2) is 11.5 Å². The molecule has 0 aliphatic heterocycles. The van der Waals surface area contributed by atoms with Crippen molar-refractivity contribution in [2.75, 3.05) is 19.5 Å². The summed E-state index contributed by atoms with van der Waals surface area (Å²) in [5, 5.41) is 11.6. The van der Waals surface area contributed by atoms with E-state index in [1.54, 1.807) is 68.8 Å². The monoisotopic (exact) mass is 463 g/mol. The van der Waals surface area contributed by atoms with Crippen molar-refractivity contribution in [2.24, 2.45) is 5.73 Å². The van der Waals surface area contributed by atoms with Crippen LogP contribution >= 0.6 is 0 Å². The van der Waals surface area contributed by atoms with E-state index in [-0.39, 0.29) is 11.3 Å². The summed E-state index contributed by atoms with van der Waals surface area (Å²) in [6, 6.07) is 14.8. The van der Waals surface area contributed by atoms with Gasteiger partial charge in [-0.2, -0.15) is 0 Å². The summed E-state index contributed by atoms with van der Waals surface area (Å²) in [6.45, 7) is 1.75. The van der Waals surface area contributed by atoms with Gasteiger partial charge in [0.25, 0.3) is 5.91 Å². The lowest BCUT2D eigenvalue weighted by atomic mass is 10.1. The second-order valence-corrected chi connectivity index (χ2v) is 6.79. The fraction of sp³-hybridized carbons (Fsp3) is 0.120. The predicted octanol–water partition coefficient (Wildman–Crippen LogP) is 3.54. The van der Waals surface area contributed by atoms with Crippen LogP contribution in [0.4, 0.5) is 5.69 Å². The van der Waals surface area contributed by atoms with Crippen LogP contribution in [0.25, 0.3) is 6.08 Å². The summed E-state index contributed by atoms with van der Waals surface area (Å²) in [5.41, 5.74) is 7.22. The molecule has 0 aliphatic rings. The number of methoxy groups -OCH3 is 2. The third kappa shape index (κ3) is 7.20. The second kappa shape index (κ2) is 12.4. The smallest absolute Gasteiger partial charge is 0.337 e. The van der Waals surface area contributed by atoms with Crippen molar-refractivity contribution in [1.29, 1.82) is 0 Å². The molecule has 2 amide bonds. The number of carbonyl (C=O) groups excluding carboxylic acids is 2. The molecule has 0 saturated heterocycles. The molecule has 0 fully saturated rings. The lowest BCUT2D eigenvalue weighted by Gasteiger charge is -2.08. The molecule has 9 nitrogen and oxygen atoms in total. The fourth-order valence-corrected chi connectivity index (χ4v) is 2.83. The number of primary amides is 1. The summed E-state index contributed by atoms with van der Waals surface area (Å²) in [6.07, 6.45) is 4.54. The van der Waals surface area contributed by atoms with Crippen LogP contribution in [0.15, 0.2) is 66.9 Å². The Morgan fingerprint density at radius 3 is 2.24 bits per heavy atom. The molecule has 0 unspecified atom stereocenters. The minimum absolute atomic E-state index is 0.0327. The van der Waals surface area contributed by atoms with Crippen molar-refractivity contribution in [1.82, 2.24) is 4.98 Å². The van der Waals surface area contributed by atoms with Gasteiger partial charge in [-0.3, -0.25) is 14.6 Å². The largest absolute Gasteiger partial charge is 0.493 e. The number of aromatic carboxylic acids is 1. The van der Waals surface area contributed by atoms with Gasteiger partial charge in [0.1, 0.15) is 0 Å². The second-order valence-electron chi connectivity index (χ2n) is 6.79. The average molecular weight is 463 g/mol. The van der Waals surface area contributed by atoms with Gasteiger partial charge in [-0.1, -0.05) is 18.2 Å². The first-order valence-electron chi connectivity index (χ1n) is 10.0. The first-order valence-corrected chi connectivity index (χ1v) is 10.0. The molecule has 34 heavy (non-hydrogen) atoms. The highest BCUT2D eigenvalue weighted by molar-refractivity contribution is 6.06. The van der Waals surface area contributed by atoms with E-state index in [0.717, 1.165) is 5.56 Å². The molecule has 1 heterocycles. The van der Waals surface area contributed by atoms with Crippen LogP contribution < -0.4 is 20.5 Å². The van der Waals surface area contributed by atoms with Crippen molar-refractivity contribution in [3.05, 3.63) is 89.3 Å². The maximum atomic E-state index is 12.0. The third-order valence-electron chi connectivity index (χ3n) is 4.52. The van der Waals surface area contributed by atoms with Crippen molar-refractivity contribution in [2.45, 2.75) is 6.92 Å². The van der Waals surface area contributed by atoms with Gasteiger partial charge in [0.05, 0.1) is 31.0 Å². The molecule has 1 aromatic heterocycles. The highest BCUT2D eigenvalue weighted by atomic mass is 16.5. The maximum absolute atomic E-state index is 12.0. The number of amides is 2. The molecule has 3 aromatic rings. The molecular formula is C25H25N3O6. The summed E-state index contributed by atoms with van der Waals surface area (Å²) >= 11 is 0. The number of anilines is 1. The van der Waals surface area contributed by atoms with Crippen LogP contribution in [0.1, 0.15) is 32.0 Å². The Morgan fingerprint density at radius 1 is 0.971 bits per heavy atom. The number of pyridine rings is 1. The molecular weight excluding hydrogens is 438 g/mol. The predicted molar refractivity (Wildman–Crippen MR) is 128 cm³/mol. The van der Waals surface area contributed by atoms with Crippen molar-refractivity contribution >= 4 is 29.5 Å². The highest BCUT2D eigenvalue weighted by Gasteiger charge is 2.10. The number of carbonyl (C=O) groups is 3. The van der Waals surface area contributed by atoms with Crippen LogP contribution in [0.3, 0.4) is 0 Å². The quantitative estimate of drug-likeness (QED) is 0.455. The standard InChI is InChI=1S/C18H17NO5.C7H8N2O/c1-23-15-9-7-12(11-16(15)24-2)8-10-17(20)19-14-6-4-3-5-13(14)18(21)22;1-5-6(7(8)10)3-2-4-9-5/h3-11H,1-2H3,(H,19,20)(H,21,22);2-4H,1H3,(H2,8,10)/b10-8+;. The lowest BCUT2D eigenvalue weighted by molar-refractivity contribution is -0.111.